The van der Waals surface area contributed by atoms with E-state index in [4.69, 9.17) is 34.9 Å². The number of Topliss-reactive ketones (excluding diaryl/α,β-unsaturated/α-hetero) is 3. The highest BCUT2D eigenvalue weighted by atomic mass is 16.5. The summed E-state index contributed by atoms with van der Waals surface area (Å²) >= 11 is 0. The fraction of sp³-hybridized carbons (Fsp3) is 0.851. The lowest BCUT2D eigenvalue weighted by Gasteiger charge is -2.13. The van der Waals surface area contributed by atoms with E-state index in [0.717, 1.165) is 70.6 Å². The topological polar surface area (TPSA) is 259 Å². The maximum absolute atomic E-state index is 11.8. The van der Waals surface area contributed by atoms with Crippen LogP contribution in [0.3, 0.4) is 0 Å². The Bertz CT molecular complexity index is 1210. The van der Waals surface area contributed by atoms with Crippen LogP contribution in [0, 0.1) is 0 Å². The number of amides is 2. The highest BCUT2D eigenvalue weighted by Crippen LogP contribution is 2.14. The Balaban J connectivity index is 0. The number of carbonyl (C=O) groups excluding carboxylic acids is 5. The van der Waals surface area contributed by atoms with Crippen LogP contribution in [-0.2, 0) is 52.5 Å². The molecule has 0 aromatic heterocycles. The van der Waals surface area contributed by atoms with Crippen molar-refractivity contribution in [1.29, 1.82) is 0 Å². The number of ketones is 3. The average molecular weight is 917 g/mol. The molecule has 17 heteroatoms. The van der Waals surface area contributed by atoms with Gasteiger partial charge < -0.3 is 55.6 Å². The molecule has 2 amide bonds. The minimum absolute atomic E-state index is 0.00626. The van der Waals surface area contributed by atoms with Crippen molar-refractivity contribution in [1.82, 2.24) is 16.0 Å². The van der Waals surface area contributed by atoms with Crippen LogP contribution in [0.2, 0.25) is 0 Å². The summed E-state index contributed by atoms with van der Waals surface area (Å²) in [6.07, 6.45) is 22.9. The third kappa shape index (κ3) is 46.6. The van der Waals surface area contributed by atoms with Gasteiger partial charge in [0.1, 0.15) is 25.0 Å². The number of ether oxygens (including phenoxy) is 4. The number of carbonyl (C=O) groups is 7. The standard InChI is InChI=1S/C24H45N3O8.C23H43NO5/c1-20(28)7-6-11-32-13-16-35-19-24(31)27-10-12-33-14-15-34-18-21(29)8-4-3-5-9-22(26-2)23(30)17-25;1-2-17-20(23(28)29)24-21(25)18-15-13-11-9-7-5-3-4-6-8-10-12-14-16-19-22(26)27/h22,26H,3-19,25H2,1-2H3,(H,27,31);20H,2-19H2,1H3,(H,24,25)(H,26,27)(H,28,29)/t22-;20-/m00/s1. The first-order valence-electron chi connectivity index (χ1n) is 24.1. The molecule has 0 saturated carbocycles. The van der Waals surface area contributed by atoms with Gasteiger partial charge in [0.25, 0.3) is 0 Å². The molecule has 0 aliphatic rings. The Hall–Kier alpha value is -3.35. The van der Waals surface area contributed by atoms with Gasteiger partial charge in [-0.3, -0.25) is 24.0 Å². The maximum Gasteiger partial charge on any atom is 0.326 e. The van der Waals surface area contributed by atoms with Gasteiger partial charge >= 0.3 is 11.9 Å². The van der Waals surface area contributed by atoms with Crippen molar-refractivity contribution < 1.29 is 62.7 Å². The summed E-state index contributed by atoms with van der Waals surface area (Å²) in [4.78, 5) is 79.0. The van der Waals surface area contributed by atoms with Crippen molar-refractivity contribution in [2.45, 2.75) is 186 Å². The lowest BCUT2D eigenvalue weighted by Crippen LogP contribution is -2.40. The Morgan fingerprint density at radius 1 is 0.531 bits per heavy atom. The third-order valence-electron chi connectivity index (χ3n) is 10.3. The molecule has 0 aliphatic heterocycles. The van der Waals surface area contributed by atoms with Crippen LogP contribution in [0.4, 0.5) is 0 Å². The summed E-state index contributed by atoms with van der Waals surface area (Å²) in [6.45, 7) is 6.03. The largest absolute Gasteiger partial charge is 0.481 e. The predicted molar refractivity (Wildman–Crippen MR) is 247 cm³/mol. The van der Waals surface area contributed by atoms with E-state index in [2.05, 4.69) is 16.0 Å². The number of nitrogens with one attached hydrogen (secondary N) is 3. The Kier molecular flexibility index (Phi) is 46.7. The molecule has 0 fully saturated rings. The van der Waals surface area contributed by atoms with Crippen LogP contribution >= 0.6 is 0 Å². The van der Waals surface area contributed by atoms with E-state index in [-0.39, 0.29) is 55.0 Å². The number of hydrogen-bond donors (Lipinski definition) is 6. The number of carboxylic acids is 2. The molecule has 0 aliphatic carbocycles. The first kappa shape index (κ1) is 62.7. The summed E-state index contributed by atoms with van der Waals surface area (Å²) in [5.41, 5.74) is 5.37. The van der Waals surface area contributed by atoms with Crippen LogP contribution < -0.4 is 21.7 Å². The van der Waals surface area contributed by atoms with Crippen LogP contribution in [0.1, 0.15) is 174 Å². The van der Waals surface area contributed by atoms with E-state index in [1.165, 1.54) is 51.4 Å². The van der Waals surface area contributed by atoms with E-state index >= 15 is 0 Å². The van der Waals surface area contributed by atoms with E-state index in [0.29, 0.717) is 84.7 Å². The zero-order valence-corrected chi connectivity index (χ0v) is 39.9. The molecule has 7 N–H and O–H groups in total. The molecule has 0 aromatic carbocycles. The van der Waals surface area contributed by atoms with Gasteiger partial charge in [-0.25, -0.2) is 4.79 Å². The summed E-state index contributed by atoms with van der Waals surface area (Å²) < 4.78 is 21.2. The quantitative estimate of drug-likeness (QED) is 0.0391. The summed E-state index contributed by atoms with van der Waals surface area (Å²) in [7, 11) is 1.75. The second-order valence-corrected chi connectivity index (χ2v) is 16.2. The molecule has 64 heavy (non-hydrogen) atoms. The number of nitrogens with two attached hydrogens (primary N) is 1. The van der Waals surface area contributed by atoms with Gasteiger partial charge in [0, 0.05) is 38.8 Å². The van der Waals surface area contributed by atoms with Crippen molar-refractivity contribution in [3.05, 3.63) is 0 Å². The van der Waals surface area contributed by atoms with Crippen molar-refractivity contribution in [3.63, 3.8) is 0 Å². The van der Waals surface area contributed by atoms with E-state index < -0.39 is 18.0 Å². The second kappa shape index (κ2) is 47.6. The van der Waals surface area contributed by atoms with Gasteiger partial charge in [0.2, 0.25) is 11.8 Å². The minimum Gasteiger partial charge on any atom is -0.481 e. The number of unbranched alkanes of at least 4 members (excludes halogenated alkanes) is 15. The Labute approximate surface area is 384 Å². The van der Waals surface area contributed by atoms with Crippen molar-refractivity contribution in [2.24, 2.45) is 5.73 Å². The fourth-order valence-corrected chi connectivity index (χ4v) is 6.55. The van der Waals surface area contributed by atoms with Crippen LogP contribution in [0.25, 0.3) is 0 Å². The van der Waals surface area contributed by atoms with Crippen LogP contribution in [0.15, 0.2) is 0 Å². The molecular formula is C47H88N4O13. The van der Waals surface area contributed by atoms with Crippen molar-refractivity contribution >= 4 is 41.1 Å². The molecule has 0 aromatic rings. The summed E-state index contributed by atoms with van der Waals surface area (Å²) in [6, 6.07) is -0.953. The predicted octanol–water partition coefficient (Wildman–Crippen LogP) is 5.86. The SMILES string of the molecule is CCC[C@H](NC(=O)CCCCCCCCCCCCCCCCC(=O)O)C(=O)O.CN[C@@H](CCCCCC(=O)COCCOCCNC(=O)COCCOCCCC(C)=O)C(=O)CN. The molecule has 0 heterocycles. The number of hydrogen-bond acceptors (Lipinski definition) is 13. The van der Waals surface area contributed by atoms with Gasteiger partial charge in [0.15, 0.2) is 11.6 Å². The first-order valence-corrected chi connectivity index (χ1v) is 24.1. The molecule has 0 spiro atoms. The molecule has 0 unspecified atom stereocenters. The van der Waals surface area contributed by atoms with E-state index in [1.54, 1.807) is 14.0 Å². The van der Waals surface area contributed by atoms with Gasteiger partial charge in [-0.15, -0.1) is 0 Å². The molecule has 2 atom stereocenters. The smallest absolute Gasteiger partial charge is 0.326 e. The molecule has 0 saturated heterocycles. The second-order valence-electron chi connectivity index (χ2n) is 16.2. The normalized spacial score (nSPS) is 11.9. The van der Waals surface area contributed by atoms with Gasteiger partial charge in [-0.1, -0.05) is 103 Å². The zero-order valence-electron chi connectivity index (χ0n) is 39.9. The van der Waals surface area contributed by atoms with Gasteiger partial charge in [-0.2, -0.15) is 0 Å². The maximum atomic E-state index is 11.8. The number of rotatable bonds is 47. The molecule has 0 bridgehead atoms. The van der Waals surface area contributed by atoms with Crippen LogP contribution in [0.5, 0.6) is 0 Å². The summed E-state index contributed by atoms with van der Waals surface area (Å²) in [5, 5.41) is 25.9. The fourth-order valence-electron chi connectivity index (χ4n) is 6.55. The van der Waals surface area contributed by atoms with Crippen molar-refractivity contribution in [3.8, 4) is 0 Å². The monoisotopic (exact) mass is 917 g/mol. The zero-order chi connectivity index (χ0) is 47.9. The van der Waals surface area contributed by atoms with Crippen LogP contribution in [-0.4, -0.2) is 136 Å². The molecule has 0 radical (unpaired) electrons. The number of likely N-dealkylation sites (N-methyl/N-ethyl adjacent to an activating group) is 1. The lowest BCUT2D eigenvalue weighted by atomic mass is 10.0. The molecule has 0 rings (SSSR count). The molecule has 17 nitrogen and oxygen atoms in total. The Morgan fingerprint density at radius 3 is 1.55 bits per heavy atom. The molecule has 374 valence electrons. The van der Waals surface area contributed by atoms with Gasteiger partial charge in [-0.05, 0) is 52.5 Å². The lowest BCUT2D eigenvalue weighted by molar-refractivity contribution is -0.142. The minimum atomic E-state index is -0.948. The van der Waals surface area contributed by atoms with Gasteiger partial charge in [0.05, 0.1) is 45.6 Å². The number of carboxylic acid groups (broad SMARTS) is 2. The Morgan fingerprint density at radius 2 is 1.03 bits per heavy atom. The summed E-state index contributed by atoms with van der Waals surface area (Å²) in [5.74, 6) is -1.83. The first-order chi connectivity index (χ1) is 30.9. The molecular weight excluding hydrogens is 829 g/mol. The van der Waals surface area contributed by atoms with E-state index in [9.17, 15) is 33.6 Å². The third-order valence-corrected chi connectivity index (χ3v) is 10.3. The van der Waals surface area contributed by atoms with Crippen molar-refractivity contribution in [2.75, 3.05) is 73.0 Å². The average Bonchev–Trinajstić information content (AvgIpc) is 3.26. The highest BCUT2D eigenvalue weighted by Gasteiger charge is 2.18. The number of aliphatic carboxylic acids is 2. The van der Waals surface area contributed by atoms with E-state index in [1.807, 2.05) is 6.92 Å². The highest BCUT2D eigenvalue weighted by molar-refractivity contribution is 5.85.